The Hall–Kier alpha value is -1.66. The summed E-state index contributed by atoms with van der Waals surface area (Å²) in [6, 6.07) is 5.60. The molecule has 0 saturated carbocycles. The maximum absolute atomic E-state index is 5.58. The Labute approximate surface area is 103 Å². The van der Waals surface area contributed by atoms with Gasteiger partial charge in [-0.05, 0) is 24.6 Å². The predicted molar refractivity (Wildman–Crippen MR) is 65.5 cm³/mol. The monoisotopic (exact) mass is 251 g/mol. The molecule has 0 fully saturated rings. The second kappa shape index (κ2) is 5.60. The Morgan fingerprint density at radius 1 is 1.35 bits per heavy atom. The number of rotatable bonds is 5. The molecular formula is C11H13N3O2S. The lowest BCUT2D eigenvalue weighted by Gasteiger charge is -2.10. The number of aromatic nitrogens is 2. The lowest BCUT2D eigenvalue weighted by molar-refractivity contribution is 0.320. The van der Waals surface area contributed by atoms with Crippen LogP contribution in [0.4, 0.5) is 0 Å². The van der Waals surface area contributed by atoms with Gasteiger partial charge in [-0.2, -0.15) is 9.36 Å². The fourth-order valence-electron chi connectivity index (χ4n) is 1.33. The molecule has 17 heavy (non-hydrogen) atoms. The standard InChI is InChI=1S/C11H13N3O2S/c1-2-15-10-5-8(6-12)3-4-9(10)16-11-13-7-14-17-11/h3-5,7H,2,6,12H2,1H3. The van der Waals surface area contributed by atoms with Crippen LogP contribution in [0.15, 0.2) is 24.5 Å². The minimum Gasteiger partial charge on any atom is -0.490 e. The molecule has 0 aliphatic rings. The minimum absolute atomic E-state index is 0.471. The van der Waals surface area contributed by atoms with Gasteiger partial charge in [0.25, 0.3) is 5.19 Å². The second-order valence-electron chi connectivity index (χ2n) is 3.23. The summed E-state index contributed by atoms with van der Waals surface area (Å²) >= 11 is 1.19. The van der Waals surface area contributed by atoms with Gasteiger partial charge >= 0.3 is 0 Å². The smallest absolute Gasteiger partial charge is 0.298 e. The van der Waals surface area contributed by atoms with Gasteiger partial charge < -0.3 is 15.2 Å². The summed E-state index contributed by atoms with van der Waals surface area (Å²) in [5.41, 5.74) is 6.58. The summed E-state index contributed by atoms with van der Waals surface area (Å²) < 4.78 is 15.0. The summed E-state index contributed by atoms with van der Waals surface area (Å²) in [6.07, 6.45) is 1.45. The van der Waals surface area contributed by atoms with Crippen molar-refractivity contribution in [3.63, 3.8) is 0 Å². The zero-order chi connectivity index (χ0) is 12.1. The summed E-state index contributed by atoms with van der Waals surface area (Å²) in [4.78, 5) is 3.96. The molecule has 5 nitrogen and oxygen atoms in total. The van der Waals surface area contributed by atoms with Crippen LogP contribution in [0.2, 0.25) is 0 Å². The largest absolute Gasteiger partial charge is 0.490 e. The molecule has 2 aromatic rings. The Balaban J connectivity index is 2.25. The normalized spacial score (nSPS) is 10.2. The fourth-order valence-corrected chi connectivity index (χ4v) is 1.74. The van der Waals surface area contributed by atoms with Crippen molar-refractivity contribution < 1.29 is 9.47 Å². The summed E-state index contributed by atoms with van der Waals surface area (Å²) in [7, 11) is 0. The van der Waals surface area contributed by atoms with Crippen molar-refractivity contribution in [2.45, 2.75) is 13.5 Å². The van der Waals surface area contributed by atoms with Crippen molar-refractivity contribution in [3.05, 3.63) is 30.1 Å². The van der Waals surface area contributed by atoms with E-state index >= 15 is 0 Å². The van der Waals surface area contributed by atoms with E-state index in [9.17, 15) is 0 Å². The summed E-state index contributed by atoms with van der Waals surface area (Å²) in [6.45, 7) is 2.96. The van der Waals surface area contributed by atoms with Gasteiger partial charge in [0, 0.05) is 18.1 Å². The molecule has 0 radical (unpaired) electrons. The Morgan fingerprint density at radius 3 is 2.88 bits per heavy atom. The van der Waals surface area contributed by atoms with E-state index in [4.69, 9.17) is 15.2 Å². The van der Waals surface area contributed by atoms with Gasteiger partial charge in [-0.3, -0.25) is 0 Å². The molecule has 0 saturated heterocycles. The molecule has 0 bridgehead atoms. The van der Waals surface area contributed by atoms with Crippen LogP contribution >= 0.6 is 11.5 Å². The van der Waals surface area contributed by atoms with Crippen LogP contribution in [-0.4, -0.2) is 16.0 Å². The highest BCUT2D eigenvalue weighted by atomic mass is 32.1. The second-order valence-corrected chi connectivity index (χ2v) is 3.97. The number of hydrogen-bond donors (Lipinski definition) is 1. The number of benzene rings is 1. The highest BCUT2D eigenvalue weighted by molar-refractivity contribution is 7.07. The highest BCUT2D eigenvalue weighted by Crippen LogP contribution is 2.32. The summed E-state index contributed by atoms with van der Waals surface area (Å²) in [5.74, 6) is 1.30. The average molecular weight is 251 g/mol. The lowest BCUT2D eigenvalue weighted by Crippen LogP contribution is -1.99. The number of ether oxygens (including phenoxy) is 2. The first-order chi connectivity index (χ1) is 8.33. The van der Waals surface area contributed by atoms with Crippen LogP contribution in [0.3, 0.4) is 0 Å². The molecule has 0 atom stereocenters. The number of hydrogen-bond acceptors (Lipinski definition) is 6. The van der Waals surface area contributed by atoms with E-state index in [2.05, 4.69) is 9.36 Å². The Bertz CT molecular complexity index is 474. The van der Waals surface area contributed by atoms with Crippen molar-refractivity contribution >= 4 is 11.5 Å². The molecule has 1 aromatic heterocycles. The van der Waals surface area contributed by atoms with Crippen LogP contribution in [0.1, 0.15) is 12.5 Å². The van der Waals surface area contributed by atoms with E-state index in [0.717, 1.165) is 5.56 Å². The lowest BCUT2D eigenvalue weighted by atomic mass is 10.2. The van der Waals surface area contributed by atoms with E-state index < -0.39 is 0 Å². The molecule has 90 valence electrons. The molecule has 0 spiro atoms. The zero-order valence-electron chi connectivity index (χ0n) is 9.42. The third-order valence-corrected chi connectivity index (χ3v) is 2.63. The van der Waals surface area contributed by atoms with E-state index in [-0.39, 0.29) is 0 Å². The third-order valence-electron chi connectivity index (χ3n) is 2.08. The molecule has 2 rings (SSSR count). The fraction of sp³-hybridized carbons (Fsp3) is 0.273. The third kappa shape index (κ3) is 2.92. The van der Waals surface area contributed by atoms with Crippen LogP contribution in [-0.2, 0) is 6.54 Å². The van der Waals surface area contributed by atoms with E-state index in [0.29, 0.717) is 29.8 Å². The molecule has 1 aromatic carbocycles. The van der Waals surface area contributed by atoms with Gasteiger partial charge in [0.05, 0.1) is 6.61 Å². The van der Waals surface area contributed by atoms with Gasteiger partial charge in [-0.15, -0.1) is 0 Å². The SMILES string of the molecule is CCOc1cc(CN)ccc1Oc1ncns1. The van der Waals surface area contributed by atoms with Gasteiger partial charge in [0.1, 0.15) is 6.33 Å². The predicted octanol–water partition coefficient (Wildman–Crippen LogP) is 2.19. The summed E-state index contributed by atoms with van der Waals surface area (Å²) in [5, 5.41) is 0.492. The molecule has 6 heteroatoms. The van der Waals surface area contributed by atoms with Gasteiger partial charge in [0.15, 0.2) is 11.5 Å². The van der Waals surface area contributed by atoms with E-state index in [1.54, 1.807) is 0 Å². The number of nitrogens with two attached hydrogens (primary N) is 1. The maximum Gasteiger partial charge on any atom is 0.298 e. The van der Waals surface area contributed by atoms with Crippen LogP contribution in [0, 0.1) is 0 Å². The van der Waals surface area contributed by atoms with Crippen LogP contribution in [0.25, 0.3) is 0 Å². The van der Waals surface area contributed by atoms with E-state index in [1.165, 1.54) is 17.9 Å². The van der Waals surface area contributed by atoms with Gasteiger partial charge in [0.2, 0.25) is 0 Å². The topological polar surface area (TPSA) is 70.3 Å². The average Bonchev–Trinajstić information content (AvgIpc) is 2.84. The zero-order valence-corrected chi connectivity index (χ0v) is 10.2. The quantitative estimate of drug-likeness (QED) is 0.882. The van der Waals surface area contributed by atoms with Crippen molar-refractivity contribution in [3.8, 4) is 16.7 Å². The highest BCUT2D eigenvalue weighted by Gasteiger charge is 2.08. The van der Waals surface area contributed by atoms with Crippen molar-refractivity contribution in [2.24, 2.45) is 5.73 Å². The van der Waals surface area contributed by atoms with Crippen molar-refractivity contribution in [2.75, 3.05) is 6.61 Å². The molecule has 0 amide bonds. The molecule has 0 aliphatic heterocycles. The number of nitrogens with zero attached hydrogens (tertiary/aromatic N) is 2. The van der Waals surface area contributed by atoms with Gasteiger partial charge in [-0.1, -0.05) is 6.07 Å². The van der Waals surface area contributed by atoms with Crippen molar-refractivity contribution in [1.82, 2.24) is 9.36 Å². The minimum atomic E-state index is 0.471. The molecule has 2 N–H and O–H groups in total. The molecule has 1 heterocycles. The van der Waals surface area contributed by atoms with Crippen LogP contribution in [0.5, 0.6) is 16.7 Å². The Morgan fingerprint density at radius 2 is 2.24 bits per heavy atom. The Kier molecular flexibility index (Phi) is 3.89. The van der Waals surface area contributed by atoms with Gasteiger partial charge in [-0.25, -0.2) is 0 Å². The first kappa shape index (κ1) is 11.8. The van der Waals surface area contributed by atoms with Crippen molar-refractivity contribution in [1.29, 1.82) is 0 Å². The maximum atomic E-state index is 5.58. The first-order valence-corrected chi connectivity index (χ1v) is 6.01. The van der Waals surface area contributed by atoms with Crippen LogP contribution < -0.4 is 15.2 Å². The van der Waals surface area contributed by atoms with E-state index in [1.807, 2.05) is 25.1 Å². The molecular weight excluding hydrogens is 238 g/mol. The first-order valence-electron chi connectivity index (χ1n) is 5.23. The molecule has 0 unspecified atom stereocenters. The molecule has 0 aliphatic carbocycles.